The van der Waals surface area contributed by atoms with Crippen molar-refractivity contribution in [1.82, 2.24) is 20.8 Å². The lowest BCUT2D eigenvalue weighted by atomic mass is 9.86. The second-order valence-corrected chi connectivity index (χ2v) is 13.4. The summed E-state index contributed by atoms with van der Waals surface area (Å²) < 4.78 is 5.68. The number of nitrogens with two attached hydrogens (primary N) is 4. The van der Waals surface area contributed by atoms with Crippen molar-refractivity contribution in [3.8, 4) is 5.75 Å². The number of rotatable bonds is 17. The fraction of sp³-hybridized carbons (Fsp3) is 0.514. The van der Waals surface area contributed by atoms with Gasteiger partial charge in [-0.05, 0) is 97.9 Å². The predicted molar refractivity (Wildman–Crippen MR) is 187 cm³/mol. The van der Waals surface area contributed by atoms with Crippen LogP contribution in [-0.4, -0.2) is 58.2 Å². The number of benzene rings is 2. The van der Waals surface area contributed by atoms with Gasteiger partial charge < -0.3 is 43.2 Å². The van der Waals surface area contributed by atoms with E-state index in [0.717, 1.165) is 28.7 Å². The van der Waals surface area contributed by atoms with Crippen LogP contribution < -0.4 is 33.6 Å². The Labute approximate surface area is 283 Å². The summed E-state index contributed by atoms with van der Waals surface area (Å²) in [5.41, 5.74) is 27.4. The average Bonchev–Trinajstić information content (AvgIpc) is 3.47. The largest absolute Gasteiger partial charge is 0.508 e. The van der Waals surface area contributed by atoms with Crippen LogP contribution in [0, 0.1) is 13.8 Å². The van der Waals surface area contributed by atoms with Crippen LogP contribution >= 0.6 is 0 Å². The molecule has 262 valence electrons. The molecule has 0 spiro atoms. The highest BCUT2D eigenvalue weighted by Gasteiger charge is 2.29. The lowest BCUT2D eigenvalue weighted by Gasteiger charge is -2.24. The summed E-state index contributed by atoms with van der Waals surface area (Å²) in [7, 11) is 0. The number of nitrogens with zero attached hydrogens (tertiary/aromatic N) is 3. The minimum absolute atomic E-state index is 0.0338. The standard InChI is InChI=1S/C35H53N9O4/c1-21-17-25(45)18-22(2)26(21)20-29(42-31(46)27(37)9-8-16-40-34(38)39)32(47)41-28(10-6-7-15-36)33-43-30(44-48-33)19-23-11-13-24(14-12-23)35(3,4)5/h11-14,17-18,27-29,45H,6-10,15-16,19-20,36-37H2,1-5H3,(H,41,47)(H,42,46)(H4,38,39,40)/t27?,28-,29?/m0/s1. The van der Waals surface area contributed by atoms with E-state index in [9.17, 15) is 14.7 Å². The predicted octanol–water partition coefficient (Wildman–Crippen LogP) is 2.68. The number of guanidine groups is 1. The Morgan fingerprint density at radius 1 is 0.979 bits per heavy atom. The van der Waals surface area contributed by atoms with Crippen LogP contribution in [0.15, 0.2) is 45.9 Å². The molecule has 2 aromatic carbocycles. The van der Waals surface area contributed by atoms with E-state index < -0.39 is 29.9 Å². The van der Waals surface area contributed by atoms with Gasteiger partial charge in [0.25, 0.3) is 0 Å². The molecule has 0 saturated carbocycles. The normalized spacial score (nSPS) is 13.4. The number of aryl methyl sites for hydroxylation is 2. The summed E-state index contributed by atoms with van der Waals surface area (Å²) in [4.78, 5) is 35.8. The molecule has 0 aliphatic rings. The third kappa shape index (κ3) is 11.6. The van der Waals surface area contributed by atoms with E-state index in [1.165, 1.54) is 5.56 Å². The molecule has 1 heterocycles. The minimum atomic E-state index is -0.982. The summed E-state index contributed by atoms with van der Waals surface area (Å²) >= 11 is 0. The van der Waals surface area contributed by atoms with Gasteiger partial charge in [-0.3, -0.25) is 14.6 Å². The second kappa shape index (κ2) is 17.6. The lowest BCUT2D eigenvalue weighted by molar-refractivity contribution is -0.130. The zero-order chi connectivity index (χ0) is 35.4. The number of phenols is 1. The quantitative estimate of drug-likeness (QED) is 0.0633. The molecule has 11 N–H and O–H groups in total. The van der Waals surface area contributed by atoms with Gasteiger partial charge >= 0.3 is 0 Å². The van der Waals surface area contributed by atoms with Crippen LogP contribution in [0.3, 0.4) is 0 Å². The molecule has 0 aliphatic heterocycles. The van der Waals surface area contributed by atoms with Gasteiger partial charge in [0.1, 0.15) is 17.8 Å². The van der Waals surface area contributed by atoms with Crippen molar-refractivity contribution < 1.29 is 19.2 Å². The molecule has 0 aliphatic carbocycles. The first-order chi connectivity index (χ1) is 22.7. The highest BCUT2D eigenvalue weighted by molar-refractivity contribution is 5.90. The average molecular weight is 664 g/mol. The maximum atomic E-state index is 14.0. The monoisotopic (exact) mass is 663 g/mol. The van der Waals surface area contributed by atoms with Crippen LogP contribution in [0.2, 0.25) is 0 Å². The SMILES string of the molecule is Cc1cc(O)cc(C)c1CC(NC(=O)C(N)CCCN=C(N)N)C(=O)N[C@@H](CCCCN)c1nc(Cc2ccc(C(C)(C)C)cc2)no1. The maximum Gasteiger partial charge on any atom is 0.249 e. The number of carbonyl (C=O) groups excluding carboxylic acids is 2. The molecule has 0 saturated heterocycles. The molecule has 13 heteroatoms. The number of phenolic OH excluding ortho intramolecular Hbond substituents is 1. The zero-order valence-electron chi connectivity index (χ0n) is 28.9. The molecule has 3 aromatic rings. The topological polar surface area (TPSA) is 234 Å². The van der Waals surface area contributed by atoms with Gasteiger partial charge in [0, 0.05) is 19.4 Å². The molecule has 48 heavy (non-hydrogen) atoms. The minimum Gasteiger partial charge on any atom is -0.508 e. The van der Waals surface area contributed by atoms with Crippen LogP contribution in [0.25, 0.3) is 0 Å². The van der Waals surface area contributed by atoms with Gasteiger partial charge in [0.15, 0.2) is 11.8 Å². The molecular formula is C35H53N9O4. The Morgan fingerprint density at radius 3 is 2.25 bits per heavy atom. The van der Waals surface area contributed by atoms with E-state index in [4.69, 9.17) is 27.5 Å². The molecule has 1 aromatic heterocycles. The van der Waals surface area contributed by atoms with Crippen molar-refractivity contribution in [2.45, 2.75) is 103 Å². The highest BCUT2D eigenvalue weighted by atomic mass is 16.5. The first kappa shape index (κ1) is 38.0. The molecular weight excluding hydrogens is 610 g/mol. The lowest BCUT2D eigenvalue weighted by Crippen LogP contribution is -2.53. The van der Waals surface area contributed by atoms with E-state index in [2.05, 4.69) is 70.8 Å². The van der Waals surface area contributed by atoms with E-state index >= 15 is 0 Å². The summed E-state index contributed by atoms with van der Waals surface area (Å²) in [6.07, 6.45) is 3.41. The maximum absolute atomic E-state index is 14.0. The third-order valence-electron chi connectivity index (χ3n) is 8.25. The molecule has 13 nitrogen and oxygen atoms in total. The number of hydrogen-bond donors (Lipinski definition) is 7. The van der Waals surface area contributed by atoms with Gasteiger partial charge in [-0.25, -0.2) is 0 Å². The van der Waals surface area contributed by atoms with Crippen molar-refractivity contribution in [1.29, 1.82) is 0 Å². The Kier molecular flexibility index (Phi) is 13.9. The number of aromatic hydroxyl groups is 1. The fourth-order valence-corrected chi connectivity index (χ4v) is 5.44. The highest BCUT2D eigenvalue weighted by Crippen LogP contribution is 2.25. The van der Waals surface area contributed by atoms with E-state index in [-0.39, 0.29) is 29.4 Å². The molecule has 0 fully saturated rings. The Hall–Kier alpha value is -4.49. The van der Waals surface area contributed by atoms with Gasteiger partial charge in [-0.1, -0.05) is 50.2 Å². The number of carbonyl (C=O) groups is 2. The van der Waals surface area contributed by atoms with Crippen molar-refractivity contribution in [3.63, 3.8) is 0 Å². The van der Waals surface area contributed by atoms with Gasteiger partial charge in [-0.2, -0.15) is 4.98 Å². The number of hydrogen-bond acceptors (Lipinski definition) is 9. The Morgan fingerprint density at radius 2 is 1.65 bits per heavy atom. The van der Waals surface area contributed by atoms with Crippen LogP contribution in [0.5, 0.6) is 5.75 Å². The van der Waals surface area contributed by atoms with Crippen molar-refractivity contribution in [2.24, 2.45) is 27.9 Å². The van der Waals surface area contributed by atoms with Crippen LogP contribution in [-0.2, 0) is 27.8 Å². The van der Waals surface area contributed by atoms with Crippen LogP contribution in [0.4, 0.5) is 0 Å². The summed E-state index contributed by atoms with van der Waals surface area (Å²) in [5.74, 6) is -0.0459. The number of aromatic nitrogens is 2. The van der Waals surface area contributed by atoms with Gasteiger partial charge in [0.05, 0.1) is 6.04 Å². The van der Waals surface area contributed by atoms with Crippen molar-refractivity contribution in [3.05, 3.63) is 75.9 Å². The number of aliphatic imine (C=N–C) groups is 1. The smallest absolute Gasteiger partial charge is 0.249 e. The van der Waals surface area contributed by atoms with E-state index in [1.807, 2.05) is 13.8 Å². The zero-order valence-corrected chi connectivity index (χ0v) is 28.9. The first-order valence-electron chi connectivity index (χ1n) is 16.5. The van der Waals surface area contributed by atoms with Gasteiger partial charge in [0.2, 0.25) is 17.7 Å². The number of amides is 2. The summed E-state index contributed by atoms with van der Waals surface area (Å²) in [6.45, 7) is 11.0. The number of unbranched alkanes of at least 4 members (excludes halogenated alkanes) is 1. The van der Waals surface area contributed by atoms with Gasteiger partial charge in [-0.15, -0.1) is 0 Å². The molecule has 2 unspecified atom stereocenters. The molecule has 2 amide bonds. The fourth-order valence-electron chi connectivity index (χ4n) is 5.44. The molecule has 3 atom stereocenters. The Balaban J connectivity index is 1.82. The molecule has 0 radical (unpaired) electrons. The second-order valence-electron chi connectivity index (χ2n) is 13.4. The third-order valence-corrected chi connectivity index (χ3v) is 8.25. The number of nitrogens with one attached hydrogen (secondary N) is 2. The summed E-state index contributed by atoms with van der Waals surface area (Å²) in [6, 6.07) is 9.11. The summed E-state index contributed by atoms with van der Waals surface area (Å²) in [5, 5.41) is 20.2. The van der Waals surface area contributed by atoms with E-state index in [0.29, 0.717) is 51.0 Å². The molecule has 3 rings (SSSR count). The Bertz CT molecular complexity index is 1500. The van der Waals surface area contributed by atoms with Crippen LogP contribution in [0.1, 0.15) is 98.4 Å². The van der Waals surface area contributed by atoms with E-state index in [1.54, 1.807) is 12.1 Å². The van der Waals surface area contributed by atoms with Crippen molar-refractivity contribution >= 4 is 17.8 Å². The van der Waals surface area contributed by atoms with Crippen molar-refractivity contribution in [2.75, 3.05) is 13.1 Å². The first-order valence-corrected chi connectivity index (χ1v) is 16.5. The molecule has 0 bridgehead atoms.